The second kappa shape index (κ2) is 6.97. The molecular formula is C14H21NO2Si. The summed E-state index contributed by atoms with van der Waals surface area (Å²) in [6.45, 7) is 12.4. The van der Waals surface area contributed by atoms with Crippen LogP contribution in [0.25, 0.3) is 0 Å². The highest BCUT2D eigenvalue weighted by Gasteiger charge is 2.10. The van der Waals surface area contributed by atoms with Crippen LogP contribution < -0.4 is 0 Å². The van der Waals surface area contributed by atoms with Gasteiger partial charge in [-0.25, -0.2) is 0 Å². The van der Waals surface area contributed by atoms with E-state index in [-0.39, 0.29) is 10.6 Å². The minimum Gasteiger partial charge on any atom is -0.258 e. The number of nitro benzene ring substituents is 1. The van der Waals surface area contributed by atoms with Crippen molar-refractivity contribution in [3.63, 3.8) is 0 Å². The predicted octanol–water partition coefficient (Wildman–Crippen LogP) is 4.16. The standard InChI is InChI=1S/C12H15NO2Si.C2H6/c1-10-5-6-12(13(14)15)9-11(10)7-8-16(2,3)4;1-2/h5-6,9H,1-4H3;1-2H3. The third-order valence-corrected chi connectivity index (χ3v) is 2.88. The van der Waals surface area contributed by atoms with Gasteiger partial charge in [0.1, 0.15) is 8.07 Å². The highest BCUT2D eigenvalue weighted by molar-refractivity contribution is 6.83. The lowest BCUT2D eigenvalue weighted by Gasteiger charge is -2.04. The molecule has 0 N–H and O–H groups in total. The molecule has 0 saturated carbocycles. The van der Waals surface area contributed by atoms with Gasteiger partial charge in [0.2, 0.25) is 0 Å². The van der Waals surface area contributed by atoms with Crippen molar-refractivity contribution >= 4 is 13.8 Å². The van der Waals surface area contributed by atoms with Crippen LogP contribution in [-0.4, -0.2) is 13.0 Å². The number of rotatable bonds is 1. The van der Waals surface area contributed by atoms with Crippen molar-refractivity contribution in [3.8, 4) is 11.5 Å². The zero-order chi connectivity index (χ0) is 14.3. The highest BCUT2D eigenvalue weighted by Crippen LogP contribution is 2.16. The molecule has 0 aliphatic rings. The zero-order valence-corrected chi connectivity index (χ0v) is 13.0. The normalized spacial score (nSPS) is 9.67. The summed E-state index contributed by atoms with van der Waals surface area (Å²) in [7, 11) is -1.44. The molecule has 0 radical (unpaired) electrons. The Kier molecular flexibility index (Phi) is 6.35. The number of non-ortho nitro benzene ring substituents is 1. The van der Waals surface area contributed by atoms with Gasteiger partial charge in [0.15, 0.2) is 0 Å². The fourth-order valence-corrected chi connectivity index (χ4v) is 1.62. The monoisotopic (exact) mass is 263 g/mol. The van der Waals surface area contributed by atoms with Gasteiger partial charge in [0.25, 0.3) is 5.69 Å². The van der Waals surface area contributed by atoms with Crippen molar-refractivity contribution in [3.05, 3.63) is 39.4 Å². The molecule has 0 bridgehead atoms. The van der Waals surface area contributed by atoms with Gasteiger partial charge in [-0.05, 0) is 12.5 Å². The smallest absolute Gasteiger partial charge is 0.258 e. The molecule has 0 amide bonds. The van der Waals surface area contributed by atoms with Gasteiger partial charge < -0.3 is 0 Å². The molecule has 0 aliphatic carbocycles. The van der Waals surface area contributed by atoms with Gasteiger partial charge in [-0.1, -0.05) is 45.5 Å². The van der Waals surface area contributed by atoms with E-state index in [1.807, 2.05) is 20.8 Å². The second-order valence-corrected chi connectivity index (χ2v) is 9.51. The minimum atomic E-state index is -1.44. The molecule has 3 nitrogen and oxygen atoms in total. The quantitative estimate of drug-likeness (QED) is 0.330. The lowest BCUT2D eigenvalue weighted by Crippen LogP contribution is -2.16. The first-order valence-corrected chi connectivity index (χ1v) is 9.58. The number of hydrogen-bond acceptors (Lipinski definition) is 2. The molecule has 98 valence electrons. The van der Waals surface area contributed by atoms with E-state index in [9.17, 15) is 10.1 Å². The Morgan fingerprint density at radius 1 is 1.22 bits per heavy atom. The summed E-state index contributed by atoms with van der Waals surface area (Å²) in [5.41, 5.74) is 5.06. The first kappa shape index (κ1) is 16.4. The SMILES string of the molecule is CC.Cc1ccc([N+](=O)[O-])cc1C#C[Si](C)(C)C. The number of benzene rings is 1. The van der Waals surface area contributed by atoms with Crippen molar-refractivity contribution in [1.29, 1.82) is 0 Å². The van der Waals surface area contributed by atoms with Crippen LogP contribution in [0.3, 0.4) is 0 Å². The van der Waals surface area contributed by atoms with Crippen LogP contribution in [0.4, 0.5) is 5.69 Å². The van der Waals surface area contributed by atoms with E-state index in [2.05, 4.69) is 31.1 Å². The summed E-state index contributed by atoms with van der Waals surface area (Å²) >= 11 is 0. The maximum absolute atomic E-state index is 10.6. The fourth-order valence-electron chi connectivity index (χ4n) is 1.11. The third-order valence-electron chi connectivity index (χ3n) is 2.00. The van der Waals surface area contributed by atoms with Crippen LogP contribution in [0.5, 0.6) is 0 Å². The number of nitro groups is 1. The Hall–Kier alpha value is -1.60. The van der Waals surface area contributed by atoms with Gasteiger partial charge in [-0.15, -0.1) is 5.54 Å². The Morgan fingerprint density at radius 3 is 2.22 bits per heavy atom. The van der Waals surface area contributed by atoms with Crippen LogP contribution in [0.1, 0.15) is 25.0 Å². The van der Waals surface area contributed by atoms with Crippen molar-refractivity contribution in [2.45, 2.75) is 40.4 Å². The topological polar surface area (TPSA) is 43.1 Å². The van der Waals surface area contributed by atoms with E-state index in [1.54, 1.807) is 12.1 Å². The van der Waals surface area contributed by atoms with Crippen molar-refractivity contribution in [2.24, 2.45) is 0 Å². The molecule has 1 aromatic carbocycles. The molecule has 0 spiro atoms. The molecule has 0 saturated heterocycles. The molecule has 0 aliphatic heterocycles. The number of aryl methyl sites for hydroxylation is 1. The zero-order valence-electron chi connectivity index (χ0n) is 12.0. The highest BCUT2D eigenvalue weighted by atomic mass is 28.3. The Bertz CT molecular complexity index is 479. The average molecular weight is 263 g/mol. The molecular weight excluding hydrogens is 242 g/mol. The van der Waals surface area contributed by atoms with E-state index >= 15 is 0 Å². The summed E-state index contributed by atoms with van der Waals surface area (Å²) in [6, 6.07) is 4.80. The van der Waals surface area contributed by atoms with Crippen LogP contribution in [0.15, 0.2) is 18.2 Å². The third kappa shape index (κ3) is 5.64. The molecule has 1 rings (SSSR count). The molecule has 4 heteroatoms. The van der Waals surface area contributed by atoms with Crippen molar-refractivity contribution in [2.75, 3.05) is 0 Å². The van der Waals surface area contributed by atoms with Gasteiger partial charge in [-0.2, -0.15) is 0 Å². The number of nitrogens with zero attached hydrogens (tertiary/aromatic N) is 1. The van der Waals surface area contributed by atoms with Crippen LogP contribution in [-0.2, 0) is 0 Å². The van der Waals surface area contributed by atoms with E-state index < -0.39 is 8.07 Å². The van der Waals surface area contributed by atoms with Gasteiger partial charge in [0.05, 0.1) is 4.92 Å². The number of hydrogen-bond donors (Lipinski definition) is 0. The molecule has 1 aromatic rings. The minimum absolute atomic E-state index is 0.102. The first-order valence-electron chi connectivity index (χ1n) is 6.08. The van der Waals surface area contributed by atoms with Crippen molar-refractivity contribution < 1.29 is 4.92 Å². The van der Waals surface area contributed by atoms with E-state index in [0.717, 1.165) is 11.1 Å². The van der Waals surface area contributed by atoms with Gasteiger partial charge >= 0.3 is 0 Å². The summed E-state index contributed by atoms with van der Waals surface area (Å²) in [5, 5.41) is 10.6. The van der Waals surface area contributed by atoms with Gasteiger partial charge in [-0.3, -0.25) is 10.1 Å². The summed E-state index contributed by atoms with van der Waals surface area (Å²) in [4.78, 5) is 10.2. The molecule has 0 aromatic heterocycles. The fraction of sp³-hybridized carbons (Fsp3) is 0.429. The van der Waals surface area contributed by atoms with Gasteiger partial charge in [0, 0.05) is 17.7 Å². The maximum atomic E-state index is 10.6. The van der Waals surface area contributed by atoms with E-state index in [0.29, 0.717) is 0 Å². The summed E-state index contributed by atoms with van der Waals surface area (Å²) in [6.07, 6.45) is 0. The predicted molar refractivity (Wildman–Crippen MR) is 79.4 cm³/mol. The first-order chi connectivity index (χ1) is 8.29. The molecule has 0 unspecified atom stereocenters. The average Bonchev–Trinajstić information content (AvgIpc) is 2.29. The molecule has 0 atom stereocenters. The summed E-state index contributed by atoms with van der Waals surface area (Å²) in [5.74, 6) is 3.06. The lowest BCUT2D eigenvalue weighted by atomic mass is 10.1. The Balaban J connectivity index is 0.00000137. The van der Waals surface area contributed by atoms with Crippen LogP contribution in [0.2, 0.25) is 19.6 Å². The lowest BCUT2D eigenvalue weighted by molar-refractivity contribution is -0.384. The van der Waals surface area contributed by atoms with E-state index in [1.165, 1.54) is 6.07 Å². The van der Waals surface area contributed by atoms with E-state index in [4.69, 9.17) is 0 Å². The molecule has 0 fully saturated rings. The molecule has 18 heavy (non-hydrogen) atoms. The van der Waals surface area contributed by atoms with Crippen LogP contribution >= 0.6 is 0 Å². The Morgan fingerprint density at radius 2 is 1.78 bits per heavy atom. The Labute approximate surface area is 110 Å². The van der Waals surface area contributed by atoms with Crippen LogP contribution in [0, 0.1) is 28.5 Å². The molecule has 0 heterocycles. The largest absolute Gasteiger partial charge is 0.270 e. The summed E-state index contributed by atoms with van der Waals surface area (Å²) < 4.78 is 0. The second-order valence-electron chi connectivity index (χ2n) is 4.76. The maximum Gasteiger partial charge on any atom is 0.270 e. The van der Waals surface area contributed by atoms with Crippen molar-refractivity contribution in [1.82, 2.24) is 0 Å².